The van der Waals surface area contributed by atoms with Gasteiger partial charge in [-0.25, -0.2) is 4.98 Å². The fourth-order valence-corrected chi connectivity index (χ4v) is 2.53. The zero-order valence-corrected chi connectivity index (χ0v) is 12.0. The van der Waals surface area contributed by atoms with E-state index < -0.39 is 0 Å². The molecule has 0 spiro atoms. The summed E-state index contributed by atoms with van der Waals surface area (Å²) in [6, 6.07) is 4.12. The molecule has 0 aliphatic heterocycles. The maximum atomic E-state index is 11.9. The molecule has 0 unspecified atom stereocenters. The molecule has 0 atom stereocenters. The van der Waals surface area contributed by atoms with E-state index in [9.17, 15) is 4.79 Å². The van der Waals surface area contributed by atoms with Gasteiger partial charge in [-0.15, -0.1) is 0 Å². The lowest BCUT2D eigenvalue weighted by atomic mass is 10.1. The van der Waals surface area contributed by atoms with Crippen LogP contribution < -0.4 is 5.32 Å². The van der Waals surface area contributed by atoms with Crippen molar-refractivity contribution < 1.29 is 4.79 Å². The summed E-state index contributed by atoms with van der Waals surface area (Å²) in [6.07, 6.45) is 1.43. The highest BCUT2D eigenvalue weighted by Crippen LogP contribution is 2.22. The highest BCUT2D eigenvalue weighted by molar-refractivity contribution is 7.99. The van der Waals surface area contributed by atoms with Crippen molar-refractivity contribution in [2.45, 2.75) is 25.9 Å². The Hall–Kier alpha value is -1.82. The van der Waals surface area contributed by atoms with Crippen molar-refractivity contribution >= 4 is 23.4 Å². The molecule has 1 aromatic carbocycles. The van der Waals surface area contributed by atoms with Crippen LogP contribution >= 0.6 is 11.8 Å². The van der Waals surface area contributed by atoms with Gasteiger partial charge in [0.1, 0.15) is 6.33 Å². The van der Waals surface area contributed by atoms with Crippen LogP contribution in [0.4, 0.5) is 5.69 Å². The van der Waals surface area contributed by atoms with E-state index in [0.717, 1.165) is 16.8 Å². The van der Waals surface area contributed by atoms with Crippen LogP contribution in [0.2, 0.25) is 0 Å². The van der Waals surface area contributed by atoms with Crippen LogP contribution in [0, 0.1) is 20.8 Å². The van der Waals surface area contributed by atoms with Crippen molar-refractivity contribution in [3.8, 4) is 0 Å². The number of hydrogen-bond donors (Lipinski definition) is 2. The summed E-state index contributed by atoms with van der Waals surface area (Å²) in [7, 11) is 0. The Bertz CT molecular complexity index is 557. The topological polar surface area (TPSA) is 70.7 Å². The maximum absolute atomic E-state index is 11.9. The van der Waals surface area contributed by atoms with E-state index in [1.807, 2.05) is 20.8 Å². The van der Waals surface area contributed by atoms with Gasteiger partial charge in [-0.05, 0) is 31.9 Å². The van der Waals surface area contributed by atoms with Crippen molar-refractivity contribution in [2.24, 2.45) is 0 Å². The Morgan fingerprint density at radius 2 is 2.00 bits per heavy atom. The van der Waals surface area contributed by atoms with Gasteiger partial charge < -0.3 is 5.32 Å². The fourth-order valence-electron chi connectivity index (χ4n) is 1.95. The van der Waals surface area contributed by atoms with Gasteiger partial charge in [-0.2, -0.15) is 5.10 Å². The third kappa shape index (κ3) is 3.57. The second-order valence-electron chi connectivity index (χ2n) is 4.40. The monoisotopic (exact) mass is 276 g/mol. The van der Waals surface area contributed by atoms with Crippen LogP contribution in [-0.4, -0.2) is 26.8 Å². The number of benzene rings is 1. The molecule has 100 valence electrons. The first-order valence-electron chi connectivity index (χ1n) is 5.92. The number of aromatic amines is 1. The van der Waals surface area contributed by atoms with Gasteiger partial charge in [0.05, 0.1) is 5.75 Å². The van der Waals surface area contributed by atoms with Crippen molar-refractivity contribution in [2.75, 3.05) is 11.1 Å². The minimum Gasteiger partial charge on any atom is -0.325 e. The molecule has 2 N–H and O–H groups in total. The molecule has 6 heteroatoms. The van der Waals surface area contributed by atoms with Gasteiger partial charge in [0.2, 0.25) is 5.91 Å². The largest absolute Gasteiger partial charge is 0.325 e. The van der Waals surface area contributed by atoms with E-state index in [4.69, 9.17) is 0 Å². The van der Waals surface area contributed by atoms with E-state index in [0.29, 0.717) is 10.9 Å². The predicted octanol–water partition coefficient (Wildman–Crippen LogP) is 2.46. The molecule has 1 amide bonds. The Labute approximate surface area is 116 Å². The van der Waals surface area contributed by atoms with Crippen LogP contribution in [0.5, 0.6) is 0 Å². The molecule has 2 aromatic rings. The molecule has 0 aliphatic rings. The van der Waals surface area contributed by atoms with Crippen molar-refractivity contribution in [1.82, 2.24) is 15.2 Å². The zero-order chi connectivity index (χ0) is 13.8. The molecule has 0 fully saturated rings. The number of H-pyrrole nitrogens is 1. The number of thioether (sulfide) groups is 1. The van der Waals surface area contributed by atoms with Gasteiger partial charge in [0.25, 0.3) is 0 Å². The lowest BCUT2D eigenvalue weighted by molar-refractivity contribution is -0.113. The SMILES string of the molecule is Cc1cc(C)c(NC(=O)CSc2ncn[nH]2)c(C)c1. The van der Waals surface area contributed by atoms with Crippen LogP contribution in [0.25, 0.3) is 0 Å². The number of hydrogen-bond acceptors (Lipinski definition) is 4. The molecule has 0 bridgehead atoms. The molecule has 0 aliphatic carbocycles. The average molecular weight is 276 g/mol. The minimum absolute atomic E-state index is 0.0450. The summed E-state index contributed by atoms with van der Waals surface area (Å²) in [5, 5.41) is 10.0. The first-order chi connectivity index (χ1) is 9.06. The number of nitrogens with zero attached hydrogens (tertiary/aromatic N) is 2. The molecule has 19 heavy (non-hydrogen) atoms. The quantitative estimate of drug-likeness (QED) is 0.842. The summed E-state index contributed by atoms with van der Waals surface area (Å²) >= 11 is 1.33. The molecule has 2 rings (SSSR count). The third-order valence-electron chi connectivity index (χ3n) is 2.67. The van der Waals surface area contributed by atoms with E-state index in [1.54, 1.807) is 0 Å². The number of nitrogens with one attached hydrogen (secondary N) is 2. The second-order valence-corrected chi connectivity index (χ2v) is 5.37. The highest BCUT2D eigenvalue weighted by atomic mass is 32.2. The fraction of sp³-hybridized carbons (Fsp3) is 0.308. The maximum Gasteiger partial charge on any atom is 0.234 e. The summed E-state index contributed by atoms with van der Waals surface area (Å²) in [5.41, 5.74) is 4.25. The smallest absolute Gasteiger partial charge is 0.234 e. The van der Waals surface area contributed by atoms with Gasteiger partial charge in [-0.3, -0.25) is 9.89 Å². The zero-order valence-electron chi connectivity index (χ0n) is 11.2. The standard InChI is InChI=1S/C13H16N4OS/c1-8-4-9(2)12(10(3)5-8)16-11(18)6-19-13-14-7-15-17-13/h4-5,7H,6H2,1-3H3,(H,16,18)(H,14,15,17). The molecule has 1 heterocycles. The molecule has 5 nitrogen and oxygen atoms in total. The second kappa shape index (κ2) is 5.88. The number of aromatic nitrogens is 3. The number of amides is 1. The Balaban J connectivity index is 1.99. The predicted molar refractivity (Wildman–Crippen MR) is 76.4 cm³/mol. The number of aryl methyl sites for hydroxylation is 3. The molecule has 1 aromatic heterocycles. The normalized spacial score (nSPS) is 10.5. The molecule has 0 saturated heterocycles. The van der Waals surface area contributed by atoms with Crippen LogP contribution in [0.15, 0.2) is 23.6 Å². The Kier molecular flexibility index (Phi) is 4.21. The van der Waals surface area contributed by atoms with Crippen LogP contribution in [0.1, 0.15) is 16.7 Å². The van der Waals surface area contributed by atoms with E-state index in [-0.39, 0.29) is 5.91 Å². The highest BCUT2D eigenvalue weighted by Gasteiger charge is 2.09. The Morgan fingerprint density at radius 3 is 2.58 bits per heavy atom. The number of anilines is 1. The van der Waals surface area contributed by atoms with E-state index >= 15 is 0 Å². The van der Waals surface area contributed by atoms with Crippen molar-refractivity contribution in [1.29, 1.82) is 0 Å². The van der Waals surface area contributed by atoms with Gasteiger partial charge in [0, 0.05) is 5.69 Å². The summed E-state index contributed by atoms with van der Waals surface area (Å²) in [6.45, 7) is 6.05. The van der Waals surface area contributed by atoms with Crippen LogP contribution in [-0.2, 0) is 4.79 Å². The molecular formula is C13H16N4OS. The molecule has 0 saturated carbocycles. The van der Waals surface area contributed by atoms with Crippen LogP contribution in [0.3, 0.4) is 0 Å². The van der Waals surface area contributed by atoms with E-state index in [1.165, 1.54) is 23.7 Å². The van der Waals surface area contributed by atoms with Gasteiger partial charge in [-0.1, -0.05) is 29.5 Å². The average Bonchev–Trinajstić information content (AvgIpc) is 2.84. The molecular weight excluding hydrogens is 260 g/mol. The van der Waals surface area contributed by atoms with Crippen molar-refractivity contribution in [3.63, 3.8) is 0 Å². The summed E-state index contributed by atoms with van der Waals surface area (Å²) in [5.74, 6) is 0.263. The minimum atomic E-state index is -0.0450. The number of carbonyl (C=O) groups excluding carboxylic acids is 1. The lowest BCUT2D eigenvalue weighted by Crippen LogP contribution is -2.16. The summed E-state index contributed by atoms with van der Waals surface area (Å²) < 4.78 is 0. The number of rotatable bonds is 4. The summed E-state index contributed by atoms with van der Waals surface area (Å²) in [4.78, 5) is 15.9. The molecule has 0 radical (unpaired) electrons. The number of carbonyl (C=O) groups is 1. The van der Waals surface area contributed by atoms with Gasteiger partial charge >= 0.3 is 0 Å². The first-order valence-corrected chi connectivity index (χ1v) is 6.90. The third-order valence-corrected chi connectivity index (χ3v) is 3.55. The Morgan fingerprint density at radius 1 is 1.32 bits per heavy atom. The van der Waals surface area contributed by atoms with Gasteiger partial charge in [0.15, 0.2) is 5.16 Å². The van der Waals surface area contributed by atoms with Crippen molar-refractivity contribution in [3.05, 3.63) is 35.2 Å². The lowest BCUT2D eigenvalue weighted by Gasteiger charge is -2.12. The first kappa shape index (κ1) is 13.6. The van der Waals surface area contributed by atoms with E-state index in [2.05, 4.69) is 32.6 Å².